The van der Waals surface area contributed by atoms with Crippen molar-refractivity contribution in [1.82, 2.24) is 9.88 Å². The largest absolute Gasteiger partial charge is 0.461 e. The number of carbonyl (C=O) groups excluding carboxylic acids is 3. The average Bonchev–Trinajstić information content (AvgIpc) is 3.52. The number of hydrogen-bond donors (Lipinski definition) is 1. The predicted octanol–water partition coefficient (Wildman–Crippen LogP) is 4.18. The summed E-state index contributed by atoms with van der Waals surface area (Å²) < 4.78 is 5.07. The lowest BCUT2D eigenvalue weighted by Gasteiger charge is -2.27. The van der Waals surface area contributed by atoms with Crippen molar-refractivity contribution in [2.24, 2.45) is 0 Å². The summed E-state index contributed by atoms with van der Waals surface area (Å²) in [6.07, 6.45) is 2.52. The minimum Gasteiger partial charge on any atom is -0.461 e. The Hall–Kier alpha value is -2.89. The molecule has 1 heterocycles. The first-order valence-electron chi connectivity index (χ1n) is 10.6. The first kappa shape index (κ1) is 21.8. The summed E-state index contributed by atoms with van der Waals surface area (Å²) in [5, 5.41) is 0. The van der Waals surface area contributed by atoms with Crippen molar-refractivity contribution < 1.29 is 19.1 Å². The molecule has 1 unspecified atom stereocenters. The molecule has 6 nitrogen and oxygen atoms in total. The maximum Gasteiger partial charge on any atom is 0.355 e. The van der Waals surface area contributed by atoms with Gasteiger partial charge in [-0.1, -0.05) is 37.3 Å². The van der Waals surface area contributed by atoms with E-state index in [1.165, 1.54) is 0 Å². The van der Waals surface area contributed by atoms with Crippen LogP contribution in [0, 0.1) is 13.8 Å². The highest BCUT2D eigenvalue weighted by Crippen LogP contribution is 2.32. The van der Waals surface area contributed by atoms with Gasteiger partial charge in [0.2, 0.25) is 5.91 Å². The van der Waals surface area contributed by atoms with Gasteiger partial charge in [-0.25, -0.2) is 4.79 Å². The van der Waals surface area contributed by atoms with Gasteiger partial charge in [-0.05, 0) is 51.2 Å². The molecule has 0 bridgehead atoms. The van der Waals surface area contributed by atoms with E-state index in [1.54, 1.807) is 25.7 Å². The summed E-state index contributed by atoms with van der Waals surface area (Å²) in [4.78, 5) is 43.5. The van der Waals surface area contributed by atoms with Gasteiger partial charge < -0.3 is 14.6 Å². The third kappa shape index (κ3) is 4.48. The molecule has 0 saturated heterocycles. The van der Waals surface area contributed by atoms with Gasteiger partial charge in [0, 0.05) is 17.3 Å². The molecule has 2 aromatic rings. The minimum absolute atomic E-state index is 0.00370. The normalized spacial score (nSPS) is 14.3. The fourth-order valence-electron chi connectivity index (χ4n) is 4.02. The van der Waals surface area contributed by atoms with Crippen molar-refractivity contribution in [1.29, 1.82) is 0 Å². The van der Waals surface area contributed by atoms with E-state index in [4.69, 9.17) is 4.74 Å². The van der Waals surface area contributed by atoms with Crippen molar-refractivity contribution >= 4 is 17.7 Å². The molecule has 1 aromatic heterocycles. The molecule has 1 amide bonds. The molecule has 6 heteroatoms. The van der Waals surface area contributed by atoms with Gasteiger partial charge in [-0.2, -0.15) is 0 Å². The molecule has 1 atom stereocenters. The number of esters is 1. The van der Waals surface area contributed by atoms with E-state index in [2.05, 4.69) is 4.98 Å². The van der Waals surface area contributed by atoms with Gasteiger partial charge in [0.15, 0.2) is 5.78 Å². The lowest BCUT2D eigenvalue weighted by atomic mass is 9.94. The van der Waals surface area contributed by atoms with E-state index in [9.17, 15) is 14.4 Å². The molecule has 1 aliphatic rings. The Morgan fingerprint density at radius 1 is 1.13 bits per heavy atom. The molecule has 1 aromatic carbocycles. The Kier molecular flexibility index (Phi) is 6.75. The summed E-state index contributed by atoms with van der Waals surface area (Å²) in [6.45, 7) is 7.53. The van der Waals surface area contributed by atoms with Crippen LogP contribution in [0.2, 0.25) is 0 Å². The summed E-state index contributed by atoms with van der Waals surface area (Å²) in [5.41, 5.74) is 2.96. The summed E-state index contributed by atoms with van der Waals surface area (Å²) in [5.74, 6) is -0.888. The minimum atomic E-state index is -0.470. The number of hydrogen-bond acceptors (Lipinski definition) is 4. The highest BCUT2D eigenvalue weighted by Gasteiger charge is 2.37. The number of nitrogens with zero attached hydrogens (tertiary/aromatic N) is 1. The first-order chi connectivity index (χ1) is 14.4. The molecular formula is C24H30N2O4. The Labute approximate surface area is 177 Å². The number of aryl methyl sites for hydroxylation is 1. The number of Topliss-reactive ketones (excluding diaryl/α,β-unsaturated/α-hetero) is 1. The van der Waals surface area contributed by atoms with Crippen LogP contribution in [0.25, 0.3) is 0 Å². The van der Waals surface area contributed by atoms with Gasteiger partial charge in [-0.15, -0.1) is 0 Å². The first-order valence-corrected chi connectivity index (χ1v) is 10.6. The van der Waals surface area contributed by atoms with Crippen molar-refractivity contribution in [3.8, 4) is 0 Å². The average molecular weight is 411 g/mol. The number of aromatic amines is 1. The Morgan fingerprint density at radius 2 is 1.80 bits per heavy atom. The Morgan fingerprint density at radius 3 is 2.37 bits per heavy atom. The van der Waals surface area contributed by atoms with E-state index in [1.807, 2.05) is 37.3 Å². The summed E-state index contributed by atoms with van der Waals surface area (Å²) in [7, 11) is 0. The molecule has 1 saturated carbocycles. The number of benzene rings is 1. The Balaban J connectivity index is 1.83. The lowest BCUT2D eigenvalue weighted by Crippen LogP contribution is -2.40. The van der Waals surface area contributed by atoms with Gasteiger partial charge >= 0.3 is 5.97 Å². The van der Waals surface area contributed by atoms with Crippen molar-refractivity contribution in [3.05, 3.63) is 58.4 Å². The van der Waals surface area contributed by atoms with Crippen LogP contribution in [-0.2, 0) is 9.53 Å². The topological polar surface area (TPSA) is 79.5 Å². The van der Waals surface area contributed by atoms with Gasteiger partial charge in [0.05, 0.1) is 19.1 Å². The number of H-pyrrole nitrogens is 1. The maximum atomic E-state index is 13.4. The molecule has 0 aliphatic heterocycles. The van der Waals surface area contributed by atoms with Crippen LogP contribution in [0.4, 0.5) is 0 Å². The summed E-state index contributed by atoms with van der Waals surface area (Å²) >= 11 is 0. The number of ether oxygens (including phenoxy) is 1. The quantitative estimate of drug-likeness (QED) is 0.497. The number of aromatic nitrogens is 1. The molecule has 1 fully saturated rings. The molecule has 0 radical (unpaired) electrons. The van der Waals surface area contributed by atoms with E-state index in [0.29, 0.717) is 28.9 Å². The molecule has 160 valence electrons. The second-order valence-electron chi connectivity index (χ2n) is 7.84. The molecular weight excluding hydrogens is 380 g/mol. The van der Waals surface area contributed by atoms with Crippen molar-refractivity contribution in [3.63, 3.8) is 0 Å². The van der Waals surface area contributed by atoms with Crippen LogP contribution in [0.15, 0.2) is 30.3 Å². The van der Waals surface area contributed by atoms with Crippen LogP contribution in [0.5, 0.6) is 0 Å². The van der Waals surface area contributed by atoms with Gasteiger partial charge in [-0.3, -0.25) is 9.59 Å². The standard InChI is InChI=1S/C24H30N2O4/c1-5-19(17-10-8-7-9-11-17)23(28)26(18-12-13-18)14-20(27)21-15(3)22(25-16(21)4)24(29)30-6-2/h7-11,18-19,25H,5-6,12-14H2,1-4H3. The zero-order chi connectivity index (χ0) is 21.8. The molecule has 3 rings (SSSR count). The van der Waals surface area contributed by atoms with Crippen LogP contribution in [0.3, 0.4) is 0 Å². The number of rotatable bonds is 9. The zero-order valence-electron chi connectivity index (χ0n) is 18.2. The number of ketones is 1. The smallest absolute Gasteiger partial charge is 0.355 e. The van der Waals surface area contributed by atoms with Crippen LogP contribution < -0.4 is 0 Å². The summed E-state index contributed by atoms with van der Waals surface area (Å²) in [6, 6.07) is 9.84. The van der Waals surface area contributed by atoms with Crippen molar-refractivity contribution in [2.45, 2.75) is 58.9 Å². The fraction of sp³-hybridized carbons (Fsp3) is 0.458. The van der Waals surface area contributed by atoms with E-state index >= 15 is 0 Å². The third-order valence-corrected chi connectivity index (χ3v) is 5.69. The number of amides is 1. The van der Waals surface area contributed by atoms with E-state index in [-0.39, 0.29) is 36.8 Å². The van der Waals surface area contributed by atoms with Crippen LogP contribution in [-0.4, -0.2) is 46.7 Å². The molecule has 0 spiro atoms. The monoisotopic (exact) mass is 410 g/mol. The van der Waals surface area contributed by atoms with Gasteiger partial charge in [0.25, 0.3) is 0 Å². The van der Waals surface area contributed by atoms with Gasteiger partial charge in [0.1, 0.15) is 5.69 Å². The van der Waals surface area contributed by atoms with E-state index in [0.717, 1.165) is 18.4 Å². The Bertz CT molecular complexity index is 928. The van der Waals surface area contributed by atoms with Crippen molar-refractivity contribution in [2.75, 3.05) is 13.2 Å². The van der Waals surface area contributed by atoms with Crippen LogP contribution >= 0.6 is 0 Å². The SMILES string of the molecule is CCOC(=O)c1[nH]c(C)c(C(=O)CN(C(=O)C(CC)c2ccccc2)C2CC2)c1C. The second kappa shape index (κ2) is 9.28. The lowest BCUT2D eigenvalue weighted by molar-refractivity contribution is -0.133. The molecule has 30 heavy (non-hydrogen) atoms. The molecule has 1 N–H and O–H groups in total. The number of carbonyl (C=O) groups is 3. The molecule has 1 aliphatic carbocycles. The number of nitrogens with one attached hydrogen (secondary N) is 1. The highest BCUT2D eigenvalue weighted by molar-refractivity contribution is 6.04. The van der Waals surface area contributed by atoms with E-state index < -0.39 is 5.97 Å². The van der Waals surface area contributed by atoms with Crippen LogP contribution in [0.1, 0.15) is 76.7 Å². The zero-order valence-corrected chi connectivity index (χ0v) is 18.2. The predicted molar refractivity (Wildman–Crippen MR) is 115 cm³/mol. The third-order valence-electron chi connectivity index (χ3n) is 5.69. The highest BCUT2D eigenvalue weighted by atomic mass is 16.5. The maximum absolute atomic E-state index is 13.4. The fourth-order valence-corrected chi connectivity index (χ4v) is 4.02. The second-order valence-corrected chi connectivity index (χ2v) is 7.84.